The van der Waals surface area contributed by atoms with Gasteiger partial charge in [0.2, 0.25) is 0 Å². The summed E-state index contributed by atoms with van der Waals surface area (Å²) in [5.74, 6) is 0. The molecular formula is C11H11ClN2Pd. The van der Waals surface area contributed by atoms with E-state index in [4.69, 9.17) is 0 Å². The molecule has 2 rings (SSSR count). The molecule has 15 heavy (non-hydrogen) atoms. The second-order valence-electron chi connectivity index (χ2n) is 2.43. The third kappa shape index (κ3) is 4.53. The first-order chi connectivity index (χ1) is 6.97. The van der Waals surface area contributed by atoms with E-state index in [2.05, 4.69) is 37.7 Å². The van der Waals surface area contributed by atoms with Gasteiger partial charge in [0, 0.05) is 12.4 Å². The van der Waals surface area contributed by atoms with Crippen molar-refractivity contribution in [1.82, 2.24) is 9.97 Å². The van der Waals surface area contributed by atoms with E-state index in [9.17, 15) is 0 Å². The van der Waals surface area contributed by atoms with E-state index in [1.807, 2.05) is 36.4 Å². The standard InChI is InChI=1S/C10H8N2.CH3.ClH.Pd/c1-3-7-11-9(5-1)10-6-2-4-8-12-10;;;/h1-8H;1H3;1H;/q;-1;;+2/p-1. The fourth-order valence-electron chi connectivity index (χ4n) is 1.03. The molecule has 0 atom stereocenters. The molecule has 0 bridgehead atoms. The Kier molecular flexibility index (Phi) is 8.13. The molecule has 2 nitrogen and oxygen atoms in total. The number of halogens is 1. The largest absolute Gasteiger partial charge is 0.255 e. The number of nitrogens with zero attached hydrogens (tertiary/aromatic N) is 2. The minimum absolute atomic E-state index is 0. The summed E-state index contributed by atoms with van der Waals surface area (Å²) >= 11 is 2.22. The van der Waals surface area contributed by atoms with Gasteiger partial charge in [0.25, 0.3) is 0 Å². The quantitative estimate of drug-likeness (QED) is 0.596. The molecular weight excluding hydrogens is 302 g/mol. The van der Waals surface area contributed by atoms with Crippen molar-refractivity contribution in [3.63, 3.8) is 0 Å². The Morgan fingerprint density at radius 1 is 0.800 bits per heavy atom. The fraction of sp³-hybridized carbons (Fsp3) is 0. The van der Waals surface area contributed by atoms with Crippen LogP contribution >= 0.6 is 9.53 Å². The van der Waals surface area contributed by atoms with Crippen molar-refractivity contribution in [3.05, 3.63) is 56.2 Å². The van der Waals surface area contributed by atoms with Crippen LogP contribution in [0.2, 0.25) is 0 Å². The predicted molar refractivity (Wildman–Crippen MR) is 59.7 cm³/mol. The van der Waals surface area contributed by atoms with E-state index in [0.29, 0.717) is 0 Å². The molecule has 0 aliphatic heterocycles. The zero-order valence-corrected chi connectivity index (χ0v) is 10.5. The Morgan fingerprint density at radius 2 is 1.20 bits per heavy atom. The summed E-state index contributed by atoms with van der Waals surface area (Å²) in [5.41, 5.74) is 1.83. The first-order valence-electron chi connectivity index (χ1n) is 3.91. The van der Waals surface area contributed by atoms with E-state index in [1.54, 1.807) is 12.4 Å². The van der Waals surface area contributed by atoms with Crippen molar-refractivity contribution < 1.29 is 18.2 Å². The molecule has 4 heteroatoms. The van der Waals surface area contributed by atoms with Gasteiger partial charge in [-0.2, -0.15) is 0 Å². The normalized spacial score (nSPS) is 8.20. The number of pyridine rings is 2. The van der Waals surface area contributed by atoms with Gasteiger partial charge in [0.15, 0.2) is 0 Å². The number of aromatic nitrogens is 2. The zero-order chi connectivity index (χ0) is 10.2. The van der Waals surface area contributed by atoms with E-state index in [1.165, 1.54) is 0 Å². The average molecular weight is 313 g/mol. The molecule has 82 valence electrons. The molecule has 0 aliphatic rings. The van der Waals surface area contributed by atoms with Gasteiger partial charge in [-0.05, 0) is 24.3 Å². The Labute approximate surface area is 105 Å². The van der Waals surface area contributed by atoms with Crippen LogP contribution < -0.4 is 0 Å². The molecule has 0 fully saturated rings. The summed E-state index contributed by atoms with van der Waals surface area (Å²) in [6.45, 7) is 0. The van der Waals surface area contributed by atoms with Crippen LogP contribution in [0.25, 0.3) is 11.4 Å². The maximum atomic E-state index is 4.49. The Morgan fingerprint density at radius 3 is 1.47 bits per heavy atom. The molecule has 0 N–H and O–H groups in total. The molecule has 2 aromatic rings. The third-order valence-corrected chi connectivity index (χ3v) is 1.59. The summed E-state index contributed by atoms with van der Waals surface area (Å²) in [4.78, 5) is 8.37. The molecule has 0 saturated heterocycles. The molecule has 0 aromatic carbocycles. The van der Waals surface area contributed by atoms with Crippen LogP contribution in [-0.4, -0.2) is 9.97 Å². The summed E-state index contributed by atoms with van der Waals surface area (Å²) < 4.78 is 0. The second kappa shape index (κ2) is 8.55. The first-order valence-corrected chi connectivity index (χ1v) is 5.91. The maximum absolute atomic E-state index is 4.49. The maximum Gasteiger partial charge on any atom is 0.0886 e. The monoisotopic (exact) mass is 312 g/mol. The second-order valence-corrected chi connectivity index (χ2v) is 2.43. The van der Waals surface area contributed by atoms with Crippen LogP contribution in [0, 0.1) is 7.43 Å². The van der Waals surface area contributed by atoms with Gasteiger partial charge in [-0.15, -0.1) is 0 Å². The molecule has 0 radical (unpaired) electrons. The van der Waals surface area contributed by atoms with Gasteiger partial charge in [-0.25, -0.2) is 0 Å². The molecule has 0 saturated carbocycles. The summed E-state index contributed by atoms with van der Waals surface area (Å²) in [6.07, 6.45) is 3.54. The van der Waals surface area contributed by atoms with Crippen LogP contribution in [0.5, 0.6) is 0 Å². The molecule has 2 aromatic heterocycles. The van der Waals surface area contributed by atoms with Crippen LogP contribution in [0.15, 0.2) is 48.8 Å². The van der Waals surface area contributed by atoms with Gasteiger partial charge < -0.3 is 7.43 Å². The van der Waals surface area contributed by atoms with E-state index >= 15 is 0 Å². The summed E-state index contributed by atoms with van der Waals surface area (Å²) in [7, 11) is 4.49. The van der Waals surface area contributed by atoms with Crippen LogP contribution in [0.4, 0.5) is 0 Å². The molecule has 0 aliphatic carbocycles. The topological polar surface area (TPSA) is 25.8 Å². The molecule has 0 amide bonds. The van der Waals surface area contributed by atoms with Crippen molar-refractivity contribution in [2.75, 3.05) is 0 Å². The van der Waals surface area contributed by atoms with Crippen LogP contribution in [0.1, 0.15) is 0 Å². The van der Waals surface area contributed by atoms with Crippen molar-refractivity contribution in [2.45, 2.75) is 0 Å². The van der Waals surface area contributed by atoms with Crippen molar-refractivity contribution in [1.29, 1.82) is 0 Å². The van der Waals surface area contributed by atoms with E-state index in [0.717, 1.165) is 11.4 Å². The van der Waals surface area contributed by atoms with Crippen LogP contribution in [0.3, 0.4) is 0 Å². The van der Waals surface area contributed by atoms with E-state index in [-0.39, 0.29) is 7.43 Å². The Balaban J connectivity index is 0.000000617. The number of hydrogen-bond donors (Lipinski definition) is 0. The minimum Gasteiger partial charge on any atom is -0.255 e. The number of rotatable bonds is 1. The average Bonchev–Trinajstić information content (AvgIpc) is 2.34. The third-order valence-electron chi connectivity index (χ3n) is 1.59. The Bertz CT molecular complexity index is 316. The predicted octanol–water partition coefficient (Wildman–Crippen LogP) is 3.28. The first kappa shape index (κ1) is 14.3. The van der Waals surface area contributed by atoms with Gasteiger partial charge in [-0.3, -0.25) is 9.97 Å². The van der Waals surface area contributed by atoms with Crippen molar-refractivity contribution in [2.24, 2.45) is 0 Å². The smallest absolute Gasteiger partial charge is 0.0886 e. The fourth-order valence-corrected chi connectivity index (χ4v) is 1.03. The van der Waals surface area contributed by atoms with Crippen molar-refractivity contribution in [3.8, 4) is 11.4 Å². The van der Waals surface area contributed by atoms with Gasteiger partial charge >= 0.3 is 27.7 Å². The SMILES string of the molecule is [CH3-].[Cl][Pd+].c1ccc(-c2ccccn2)nc1. The molecule has 2 heterocycles. The van der Waals surface area contributed by atoms with Crippen molar-refractivity contribution >= 4 is 9.53 Å². The van der Waals surface area contributed by atoms with E-state index < -0.39 is 0 Å². The van der Waals surface area contributed by atoms with Gasteiger partial charge in [0.1, 0.15) is 0 Å². The molecule has 0 unspecified atom stereocenters. The summed E-state index contributed by atoms with van der Waals surface area (Å²) in [5, 5.41) is 0. The van der Waals surface area contributed by atoms with Gasteiger partial charge in [-0.1, -0.05) is 12.1 Å². The minimum atomic E-state index is 0. The van der Waals surface area contributed by atoms with Crippen LogP contribution in [-0.2, 0) is 18.2 Å². The number of hydrogen-bond acceptors (Lipinski definition) is 2. The Hall–Kier alpha value is -0.748. The molecule has 0 spiro atoms. The summed E-state index contributed by atoms with van der Waals surface area (Å²) in [6, 6.07) is 11.6. The van der Waals surface area contributed by atoms with Gasteiger partial charge in [0.05, 0.1) is 11.4 Å². The zero-order valence-electron chi connectivity index (χ0n) is 8.21.